The monoisotopic (exact) mass is 403 g/mol. The summed E-state index contributed by atoms with van der Waals surface area (Å²) in [6.07, 6.45) is 2.01. The topological polar surface area (TPSA) is 47.8 Å². The van der Waals surface area contributed by atoms with E-state index in [4.69, 9.17) is 14.5 Å². The van der Waals surface area contributed by atoms with Crippen LogP contribution in [0.2, 0.25) is 0 Å². The zero-order valence-electron chi connectivity index (χ0n) is 15.1. The predicted octanol–water partition coefficient (Wildman–Crippen LogP) is 4.99. The van der Waals surface area contributed by atoms with Crippen LogP contribution in [0, 0.1) is 0 Å². The molecule has 132 valence electrons. The van der Waals surface area contributed by atoms with Crippen LogP contribution >= 0.6 is 15.9 Å². The third-order valence-electron chi connectivity index (χ3n) is 3.75. The first kappa shape index (κ1) is 17.6. The number of benzene rings is 1. The fourth-order valence-electron chi connectivity index (χ4n) is 2.69. The number of nitrogens with zero attached hydrogens (tertiary/aromatic N) is 2. The highest BCUT2D eigenvalue weighted by Crippen LogP contribution is 2.41. The van der Waals surface area contributed by atoms with E-state index in [0.717, 1.165) is 27.2 Å². The second-order valence-corrected chi connectivity index (χ2v) is 7.65. The van der Waals surface area contributed by atoms with E-state index in [1.165, 1.54) is 0 Å². The van der Waals surface area contributed by atoms with Gasteiger partial charge in [0.1, 0.15) is 17.2 Å². The van der Waals surface area contributed by atoms with Crippen LogP contribution in [0.1, 0.15) is 20.8 Å². The number of nitrogens with one attached hydrogen (secondary N) is 1. The number of hydrogen-bond donors (Lipinski definition) is 1. The van der Waals surface area contributed by atoms with Gasteiger partial charge in [-0.3, -0.25) is 4.40 Å². The third kappa shape index (κ3) is 3.44. The number of ether oxygens (including phenoxy) is 2. The molecule has 0 aliphatic heterocycles. The molecule has 5 nitrogen and oxygen atoms in total. The maximum atomic E-state index is 5.47. The molecule has 0 spiro atoms. The molecular weight excluding hydrogens is 382 g/mol. The highest BCUT2D eigenvalue weighted by molar-refractivity contribution is 9.10. The number of pyridine rings is 1. The van der Waals surface area contributed by atoms with Gasteiger partial charge in [0.25, 0.3) is 0 Å². The number of rotatable bonds is 4. The highest BCUT2D eigenvalue weighted by atomic mass is 79.9. The molecule has 0 radical (unpaired) electrons. The Morgan fingerprint density at radius 3 is 2.40 bits per heavy atom. The summed E-state index contributed by atoms with van der Waals surface area (Å²) in [7, 11) is 3.26. The fourth-order valence-corrected chi connectivity index (χ4v) is 3.20. The summed E-state index contributed by atoms with van der Waals surface area (Å²) in [5.41, 5.74) is 2.57. The molecule has 6 heteroatoms. The van der Waals surface area contributed by atoms with Crippen molar-refractivity contribution in [3.8, 4) is 22.8 Å². The van der Waals surface area contributed by atoms with Gasteiger partial charge in [-0.2, -0.15) is 0 Å². The Bertz CT molecular complexity index is 913. The number of hydrogen-bond acceptors (Lipinski definition) is 4. The molecule has 2 heterocycles. The average Bonchev–Trinajstić information content (AvgIpc) is 2.91. The fraction of sp³-hybridized carbons (Fsp3) is 0.316. The molecule has 1 aromatic carbocycles. The number of halogens is 1. The van der Waals surface area contributed by atoms with Crippen molar-refractivity contribution in [1.29, 1.82) is 0 Å². The van der Waals surface area contributed by atoms with Crippen LogP contribution in [0.3, 0.4) is 0 Å². The molecule has 0 bridgehead atoms. The second kappa shape index (κ2) is 6.59. The van der Waals surface area contributed by atoms with Crippen LogP contribution in [-0.2, 0) is 0 Å². The van der Waals surface area contributed by atoms with E-state index in [1.807, 2.05) is 36.5 Å². The summed E-state index contributed by atoms with van der Waals surface area (Å²) in [4.78, 5) is 4.83. The summed E-state index contributed by atoms with van der Waals surface area (Å²) in [5, 5.41) is 3.57. The van der Waals surface area contributed by atoms with Crippen LogP contribution in [0.4, 0.5) is 5.82 Å². The van der Waals surface area contributed by atoms with E-state index in [-0.39, 0.29) is 5.54 Å². The largest absolute Gasteiger partial charge is 0.493 e. The molecule has 0 saturated carbocycles. The molecule has 0 aliphatic carbocycles. The minimum Gasteiger partial charge on any atom is -0.493 e. The Morgan fingerprint density at radius 1 is 1.08 bits per heavy atom. The van der Waals surface area contributed by atoms with Crippen molar-refractivity contribution < 1.29 is 9.47 Å². The molecule has 0 atom stereocenters. The number of fused-ring (bicyclic) bond motifs is 1. The Hall–Kier alpha value is -2.21. The lowest BCUT2D eigenvalue weighted by Gasteiger charge is -2.23. The minimum atomic E-state index is -0.108. The highest BCUT2D eigenvalue weighted by Gasteiger charge is 2.22. The standard InChI is InChI=1S/C19H22BrN3O2/c1-19(2,3)22-18-17(21-16-8-6-7-9-23(16)18)12-10-14(24-4)15(25-5)11-13(12)20/h6-11,22H,1-5H3. The van der Waals surface area contributed by atoms with E-state index < -0.39 is 0 Å². The lowest BCUT2D eigenvalue weighted by molar-refractivity contribution is 0.355. The molecular formula is C19H22BrN3O2. The van der Waals surface area contributed by atoms with Gasteiger partial charge in [0.05, 0.1) is 14.2 Å². The number of methoxy groups -OCH3 is 2. The first-order chi connectivity index (χ1) is 11.8. The molecule has 0 unspecified atom stereocenters. The summed E-state index contributed by atoms with van der Waals surface area (Å²) in [6, 6.07) is 9.82. The second-order valence-electron chi connectivity index (χ2n) is 6.80. The van der Waals surface area contributed by atoms with E-state index in [1.54, 1.807) is 14.2 Å². The number of anilines is 1. The van der Waals surface area contributed by atoms with Gasteiger partial charge in [-0.1, -0.05) is 6.07 Å². The van der Waals surface area contributed by atoms with Crippen molar-refractivity contribution in [3.63, 3.8) is 0 Å². The lowest BCUT2D eigenvalue weighted by atomic mass is 10.1. The van der Waals surface area contributed by atoms with Crippen molar-refractivity contribution in [2.45, 2.75) is 26.3 Å². The minimum absolute atomic E-state index is 0.108. The Balaban J connectivity index is 2.27. The van der Waals surface area contributed by atoms with Crippen LogP contribution in [-0.4, -0.2) is 29.1 Å². The molecule has 0 saturated heterocycles. The summed E-state index contributed by atoms with van der Waals surface area (Å²) in [6.45, 7) is 6.38. The molecule has 3 aromatic rings. The zero-order chi connectivity index (χ0) is 18.2. The number of aromatic nitrogens is 2. The summed E-state index contributed by atoms with van der Waals surface area (Å²) < 4.78 is 13.8. The van der Waals surface area contributed by atoms with Crippen molar-refractivity contribution in [3.05, 3.63) is 41.0 Å². The van der Waals surface area contributed by atoms with E-state index in [2.05, 4.69) is 46.4 Å². The smallest absolute Gasteiger partial charge is 0.161 e. The van der Waals surface area contributed by atoms with Crippen molar-refractivity contribution in [2.24, 2.45) is 0 Å². The first-order valence-electron chi connectivity index (χ1n) is 8.01. The Morgan fingerprint density at radius 2 is 1.76 bits per heavy atom. The first-order valence-corrected chi connectivity index (χ1v) is 8.80. The van der Waals surface area contributed by atoms with Crippen LogP contribution in [0.15, 0.2) is 41.0 Å². The summed E-state index contributed by atoms with van der Waals surface area (Å²) in [5.74, 6) is 2.28. The third-order valence-corrected chi connectivity index (χ3v) is 4.41. The maximum Gasteiger partial charge on any atom is 0.161 e. The van der Waals surface area contributed by atoms with E-state index >= 15 is 0 Å². The van der Waals surface area contributed by atoms with Crippen LogP contribution < -0.4 is 14.8 Å². The number of imidazole rings is 1. The normalized spacial score (nSPS) is 11.6. The Kier molecular flexibility index (Phi) is 4.64. The van der Waals surface area contributed by atoms with Crippen LogP contribution in [0.25, 0.3) is 16.9 Å². The molecule has 1 N–H and O–H groups in total. The van der Waals surface area contributed by atoms with Gasteiger partial charge in [0.15, 0.2) is 11.5 Å². The van der Waals surface area contributed by atoms with Gasteiger partial charge in [-0.25, -0.2) is 4.98 Å². The molecule has 0 fully saturated rings. The Labute approximate surface area is 156 Å². The van der Waals surface area contributed by atoms with Gasteiger partial charge < -0.3 is 14.8 Å². The van der Waals surface area contributed by atoms with Gasteiger partial charge in [-0.05, 0) is 61.0 Å². The molecule has 3 rings (SSSR count). The van der Waals surface area contributed by atoms with Crippen LogP contribution in [0.5, 0.6) is 11.5 Å². The molecule has 0 amide bonds. The SMILES string of the molecule is COc1cc(Br)c(-c2nc3ccccn3c2NC(C)(C)C)cc1OC. The quantitative estimate of drug-likeness (QED) is 0.666. The van der Waals surface area contributed by atoms with Crippen molar-refractivity contribution in [1.82, 2.24) is 9.38 Å². The van der Waals surface area contributed by atoms with Gasteiger partial charge in [-0.15, -0.1) is 0 Å². The van der Waals surface area contributed by atoms with Gasteiger partial charge >= 0.3 is 0 Å². The van der Waals surface area contributed by atoms with Crippen molar-refractivity contribution in [2.75, 3.05) is 19.5 Å². The molecule has 25 heavy (non-hydrogen) atoms. The van der Waals surface area contributed by atoms with E-state index in [9.17, 15) is 0 Å². The summed E-state index contributed by atoms with van der Waals surface area (Å²) >= 11 is 3.65. The maximum absolute atomic E-state index is 5.47. The van der Waals surface area contributed by atoms with Gasteiger partial charge in [0, 0.05) is 21.8 Å². The zero-order valence-corrected chi connectivity index (χ0v) is 16.6. The average molecular weight is 404 g/mol. The predicted molar refractivity (Wildman–Crippen MR) is 105 cm³/mol. The molecule has 0 aliphatic rings. The molecule has 2 aromatic heterocycles. The lowest BCUT2D eigenvalue weighted by Crippen LogP contribution is -2.27. The van der Waals surface area contributed by atoms with E-state index in [0.29, 0.717) is 11.5 Å². The van der Waals surface area contributed by atoms with Gasteiger partial charge in [0.2, 0.25) is 0 Å². The van der Waals surface area contributed by atoms with Crippen molar-refractivity contribution >= 4 is 27.4 Å².